The maximum absolute atomic E-state index is 9.90. The Morgan fingerprint density at radius 1 is 1.50 bits per heavy atom. The molecule has 0 radical (unpaired) electrons. The van der Waals surface area contributed by atoms with Crippen molar-refractivity contribution >= 4 is 0 Å². The van der Waals surface area contributed by atoms with Gasteiger partial charge in [0.25, 0.3) is 0 Å². The molecule has 0 aromatic heterocycles. The van der Waals surface area contributed by atoms with Crippen molar-refractivity contribution in [1.82, 2.24) is 0 Å². The Bertz CT molecular complexity index is 145. The van der Waals surface area contributed by atoms with Gasteiger partial charge in [0.2, 0.25) is 0 Å². The summed E-state index contributed by atoms with van der Waals surface area (Å²) < 4.78 is 32.0. The molecular weight excluding hydrogens is 284 g/mol. The Hall–Kier alpha value is 0.208. The Morgan fingerprint density at radius 3 is 1.88 bits per heavy atom. The molecule has 0 atom stereocenters. The topological polar surface area (TPSA) is 63.6 Å². The third kappa shape index (κ3) is 6.21. The Kier molecular flexibility index (Phi) is 2.74. The van der Waals surface area contributed by atoms with Gasteiger partial charge in [-0.3, -0.25) is 0 Å². The second-order valence-electron chi connectivity index (χ2n) is 1.57. The third-order valence-corrected chi connectivity index (χ3v) is 2.57. The molecule has 4 nitrogen and oxygen atoms in total. The van der Waals surface area contributed by atoms with Crippen LogP contribution in [0.4, 0.5) is 0 Å². The monoisotopic (exact) mass is 292 g/mol. The zero-order chi connectivity index (χ0) is 6.78. The van der Waals surface area contributed by atoms with E-state index in [1.807, 2.05) is 0 Å². The maximum atomic E-state index is 9.90. The molecule has 0 saturated heterocycles. The molecule has 0 bridgehead atoms. The van der Waals surface area contributed by atoms with E-state index in [9.17, 15) is 6.80 Å². The van der Waals surface area contributed by atoms with Gasteiger partial charge in [-0.25, -0.2) is 0 Å². The van der Waals surface area contributed by atoms with E-state index >= 15 is 0 Å². The van der Waals surface area contributed by atoms with Crippen LogP contribution in [0.2, 0.25) is 0 Å². The van der Waals surface area contributed by atoms with Gasteiger partial charge in [-0.2, -0.15) is 0 Å². The van der Waals surface area contributed by atoms with Crippen LogP contribution in [0.1, 0.15) is 13.8 Å². The van der Waals surface area contributed by atoms with Crippen LogP contribution in [-0.4, -0.2) is 9.86 Å². The molecule has 0 amide bonds. The van der Waals surface area contributed by atoms with E-state index in [0.717, 1.165) is 0 Å². The normalized spacial score (nSPS) is 12.5. The van der Waals surface area contributed by atoms with Crippen molar-refractivity contribution in [2.24, 2.45) is 0 Å². The summed E-state index contributed by atoms with van der Waals surface area (Å²) in [5, 5.41) is 0. The quantitative estimate of drug-likeness (QED) is 0.783. The van der Waals surface area contributed by atoms with Crippen LogP contribution in [0, 0.1) is 0 Å². The van der Waals surface area contributed by atoms with E-state index in [4.69, 9.17) is 3.76 Å². The fraction of sp³-hybridized carbons (Fsp3) is 1.00. The minimum absolute atomic E-state index is 0.440. The van der Waals surface area contributed by atoms with Gasteiger partial charge in [-0.15, -0.1) is 0 Å². The molecule has 0 fully saturated rings. The molecular formula is C3H8O4W. The van der Waals surface area contributed by atoms with Crippen LogP contribution in [0.3, 0.4) is 0 Å². The van der Waals surface area contributed by atoms with Crippen molar-refractivity contribution in [3.05, 3.63) is 0 Å². The molecule has 1 N–H and O–H groups in total. The van der Waals surface area contributed by atoms with E-state index in [-0.39, 0.29) is 0 Å². The fourth-order valence-electron chi connectivity index (χ4n) is 0.243. The van der Waals surface area contributed by atoms with Gasteiger partial charge in [-0.05, 0) is 0 Å². The molecule has 0 aromatic rings. The Labute approximate surface area is 51.2 Å². The molecule has 0 aliphatic rings. The number of rotatable bonds is 2. The second kappa shape index (κ2) is 2.67. The first-order chi connectivity index (χ1) is 3.42. The zero-order valence-electron chi connectivity index (χ0n) is 4.66. The molecule has 0 unspecified atom stereocenters. The molecule has 5 heteroatoms. The summed E-state index contributed by atoms with van der Waals surface area (Å²) in [7, 11) is 0. The molecule has 0 heterocycles. The van der Waals surface area contributed by atoms with Crippen LogP contribution in [-0.2, 0) is 26.9 Å². The third-order valence-electron chi connectivity index (χ3n) is 0.314. The van der Waals surface area contributed by atoms with Crippen molar-refractivity contribution in [1.29, 1.82) is 0 Å². The van der Waals surface area contributed by atoms with Crippen molar-refractivity contribution < 1.29 is 30.7 Å². The number of hydrogen-bond acceptors (Lipinski definition) is 3. The SMILES string of the molecule is CC(C)[O][W](=[O])(=[O])[OH]. The van der Waals surface area contributed by atoms with Crippen molar-refractivity contribution in [3.63, 3.8) is 0 Å². The summed E-state index contributed by atoms with van der Waals surface area (Å²) in [6.45, 7) is 3.08. The minimum atomic E-state index is -5.34. The molecule has 50 valence electrons. The average Bonchev–Trinajstić information content (AvgIpc) is 1.21. The predicted molar refractivity (Wildman–Crippen MR) is 19.8 cm³/mol. The van der Waals surface area contributed by atoms with E-state index in [1.54, 1.807) is 0 Å². The first-order valence-electron chi connectivity index (χ1n) is 2.07. The van der Waals surface area contributed by atoms with E-state index in [2.05, 4.69) is 3.39 Å². The molecule has 0 aliphatic carbocycles. The molecule has 8 heavy (non-hydrogen) atoms. The summed E-state index contributed by atoms with van der Waals surface area (Å²) in [5.41, 5.74) is 0. The molecule has 0 aromatic carbocycles. The molecule has 0 rings (SSSR count). The summed E-state index contributed by atoms with van der Waals surface area (Å²) in [6.07, 6.45) is -0.440. The van der Waals surface area contributed by atoms with Gasteiger partial charge < -0.3 is 0 Å². The predicted octanol–water partition coefficient (Wildman–Crippen LogP) is 0.0786. The van der Waals surface area contributed by atoms with Gasteiger partial charge in [0.05, 0.1) is 0 Å². The second-order valence-corrected chi connectivity index (χ2v) is 5.34. The van der Waals surface area contributed by atoms with Gasteiger partial charge in [-0.1, -0.05) is 0 Å². The number of hydrogen-bond donors (Lipinski definition) is 1. The summed E-state index contributed by atoms with van der Waals surface area (Å²) >= 11 is -5.34. The zero-order valence-corrected chi connectivity index (χ0v) is 7.59. The molecule has 0 saturated carbocycles. The Morgan fingerprint density at radius 2 is 1.88 bits per heavy atom. The van der Waals surface area contributed by atoms with Crippen molar-refractivity contribution in [2.75, 3.05) is 0 Å². The van der Waals surface area contributed by atoms with E-state index in [1.165, 1.54) is 13.8 Å². The van der Waals surface area contributed by atoms with Crippen LogP contribution in [0.15, 0.2) is 0 Å². The molecule has 0 spiro atoms. The van der Waals surface area contributed by atoms with Crippen LogP contribution >= 0.6 is 0 Å². The average molecular weight is 292 g/mol. The van der Waals surface area contributed by atoms with Crippen molar-refractivity contribution in [3.8, 4) is 0 Å². The molecule has 0 aliphatic heterocycles. The summed E-state index contributed by atoms with van der Waals surface area (Å²) in [5.74, 6) is 0. The van der Waals surface area contributed by atoms with Gasteiger partial charge in [0, 0.05) is 0 Å². The first-order valence-corrected chi connectivity index (χ1v) is 6.98. The first kappa shape index (κ1) is 8.21. The summed E-state index contributed by atoms with van der Waals surface area (Å²) in [4.78, 5) is 0. The standard InChI is InChI=1S/C3H7O.H2O.2O.W/c1-3(2)4;;;;/h3H,1-2H3;1H2;;;/q-1;;;;+2/p-1. The van der Waals surface area contributed by atoms with Crippen LogP contribution in [0.5, 0.6) is 0 Å². The summed E-state index contributed by atoms with van der Waals surface area (Å²) in [6, 6.07) is 0. The van der Waals surface area contributed by atoms with Crippen LogP contribution in [0.25, 0.3) is 0 Å². The van der Waals surface area contributed by atoms with Gasteiger partial charge in [0.15, 0.2) is 0 Å². The van der Waals surface area contributed by atoms with Gasteiger partial charge >= 0.3 is 50.6 Å². The Balaban J connectivity index is 3.75. The van der Waals surface area contributed by atoms with Gasteiger partial charge in [0.1, 0.15) is 0 Å². The van der Waals surface area contributed by atoms with E-state index in [0.29, 0.717) is 0 Å². The van der Waals surface area contributed by atoms with Crippen molar-refractivity contribution in [2.45, 2.75) is 20.0 Å². The van der Waals surface area contributed by atoms with E-state index < -0.39 is 22.9 Å². The fourth-order valence-corrected chi connectivity index (χ4v) is 1.99. The van der Waals surface area contributed by atoms with Crippen LogP contribution < -0.4 is 0 Å².